The molecule has 0 aliphatic rings. The Labute approximate surface area is 110 Å². The van der Waals surface area contributed by atoms with Crippen LogP contribution < -0.4 is 11.1 Å². The molecule has 0 aromatic heterocycles. The minimum absolute atomic E-state index is 0. The molecule has 0 saturated heterocycles. The quantitative estimate of drug-likeness (QED) is 0.355. The van der Waals surface area contributed by atoms with Gasteiger partial charge in [0.2, 0.25) is 6.04 Å². The van der Waals surface area contributed by atoms with E-state index in [0.29, 0.717) is 0 Å². The Bertz CT molecular complexity index is 172. The summed E-state index contributed by atoms with van der Waals surface area (Å²) in [7, 11) is 0. The number of rotatable bonds is 6. The molecule has 0 atom stereocenters. The second-order valence-corrected chi connectivity index (χ2v) is 2.90. The third-order valence-electron chi connectivity index (χ3n) is 1.39. The molecule has 0 bridgehead atoms. The maximum Gasteiger partial charge on any atom is 0.332 e. The molecule has 0 aliphatic heterocycles. The molecular formula is C9H20N2O4Pt. The number of carboxylic acids is 2. The van der Waals surface area contributed by atoms with Gasteiger partial charge in [0.1, 0.15) is 0 Å². The van der Waals surface area contributed by atoms with Gasteiger partial charge in [-0.2, -0.15) is 0 Å². The van der Waals surface area contributed by atoms with Gasteiger partial charge in [-0.1, -0.05) is 13.8 Å². The first-order valence-electron chi connectivity index (χ1n) is 4.89. The Balaban J connectivity index is -0.000000200. The number of carboxylic acid groups (broad SMARTS) is 2. The molecule has 0 rings (SSSR count). The van der Waals surface area contributed by atoms with Crippen molar-refractivity contribution < 1.29 is 40.9 Å². The molecule has 0 unspecified atom stereocenters. The van der Waals surface area contributed by atoms with Crippen LogP contribution in [0.2, 0.25) is 0 Å². The zero-order valence-corrected chi connectivity index (χ0v) is 11.8. The molecular weight excluding hydrogens is 395 g/mol. The van der Waals surface area contributed by atoms with Crippen LogP contribution in [-0.2, 0) is 30.7 Å². The van der Waals surface area contributed by atoms with Crippen LogP contribution in [0.3, 0.4) is 0 Å². The van der Waals surface area contributed by atoms with E-state index in [1.165, 1.54) is 25.9 Å². The van der Waals surface area contributed by atoms with Gasteiger partial charge in [-0.25, -0.2) is 9.59 Å². The van der Waals surface area contributed by atoms with Crippen molar-refractivity contribution in [3.05, 3.63) is 0 Å². The summed E-state index contributed by atoms with van der Waals surface area (Å²) < 4.78 is 0. The SMILES string of the molecule is CCCNCCC.NC(C(=O)O)C(=O)O.[Pt]. The van der Waals surface area contributed by atoms with Crippen molar-refractivity contribution in [2.24, 2.45) is 5.73 Å². The van der Waals surface area contributed by atoms with Crippen LogP contribution in [0.25, 0.3) is 0 Å². The average molecular weight is 415 g/mol. The van der Waals surface area contributed by atoms with E-state index in [-0.39, 0.29) is 21.1 Å². The molecule has 0 saturated carbocycles. The van der Waals surface area contributed by atoms with Gasteiger partial charge in [0.25, 0.3) is 0 Å². The molecule has 0 heterocycles. The summed E-state index contributed by atoms with van der Waals surface area (Å²) in [4.78, 5) is 19.3. The molecule has 0 aromatic rings. The van der Waals surface area contributed by atoms with Crippen molar-refractivity contribution in [2.75, 3.05) is 13.1 Å². The Morgan fingerprint density at radius 2 is 1.44 bits per heavy atom. The fraction of sp³-hybridized carbons (Fsp3) is 0.778. The Kier molecular flexibility index (Phi) is 19.0. The molecule has 0 radical (unpaired) electrons. The van der Waals surface area contributed by atoms with Gasteiger partial charge in [-0.05, 0) is 25.9 Å². The number of aliphatic carboxylic acids is 2. The van der Waals surface area contributed by atoms with Gasteiger partial charge in [0.05, 0.1) is 0 Å². The number of hydrogen-bond donors (Lipinski definition) is 4. The molecule has 0 aromatic carbocycles. The standard InChI is InChI=1S/C6H15N.C3H5NO4.Pt/c1-3-5-7-6-4-2;4-1(2(5)6)3(7)8;/h7H,3-6H2,1-2H3;1H,4H2,(H,5,6)(H,7,8);. The van der Waals surface area contributed by atoms with Crippen LogP contribution in [0.4, 0.5) is 0 Å². The largest absolute Gasteiger partial charge is 0.480 e. The normalized spacial score (nSPS) is 8.75. The Morgan fingerprint density at radius 3 is 1.56 bits per heavy atom. The minimum Gasteiger partial charge on any atom is -0.480 e. The van der Waals surface area contributed by atoms with Crippen molar-refractivity contribution in [1.29, 1.82) is 0 Å². The first-order chi connectivity index (χ1) is 6.97. The Morgan fingerprint density at radius 1 is 1.12 bits per heavy atom. The minimum atomic E-state index is -1.80. The topological polar surface area (TPSA) is 113 Å². The van der Waals surface area contributed by atoms with Crippen molar-refractivity contribution in [2.45, 2.75) is 32.7 Å². The Hall–Kier alpha value is -0.452. The van der Waals surface area contributed by atoms with Crippen LogP contribution in [0.15, 0.2) is 0 Å². The molecule has 16 heavy (non-hydrogen) atoms. The summed E-state index contributed by atoms with van der Waals surface area (Å²) in [5.41, 5.74) is 4.56. The van der Waals surface area contributed by atoms with E-state index in [1.807, 2.05) is 0 Å². The molecule has 0 aliphatic carbocycles. The van der Waals surface area contributed by atoms with Crippen molar-refractivity contribution in [3.63, 3.8) is 0 Å². The van der Waals surface area contributed by atoms with Gasteiger partial charge >= 0.3 is 11.9 Å². The third kappa shape index (κ3) is 16.0. The van der Waals surface area contributed by atoms with E-state index in [9.17, 15) is 9.59 Å². The third-order valence-corrected chi connectivity index (χ3v) is 1.39. The van der Waals surface area contributed by atoms with Crippen LogP contribution in [0.1, 0.15) is 26.7 Å². The summed E-state index contributed by atoms with van der Waals surface area (Å²) in [6.45, 7) is 6.72. The van der Waals surface area contributed by atoms with Crippen LogP contribution in [0, 0.1) is 0 Å². The summed E-state index contributed by atoms with van der Waals surface area (Å²) in [5.74, 6) is -3.06. The number of nitrogens with one attached hydrogen (secondary N) is 1. The van der Waals surface area contributed by atoms with Gasteiger partial charge in [-0.3, -0.25) is 0 Å². The molecule has 100 valence electrons. The van der Waals surface area contributed by atoms with E-state index >= 15 is 0 Å². The van der Waals surface area contributed by atoms with Gasteiger partial charge < -0.3 is 21.3 Å². The first kappa shape index (κ1) is 20.9. The van der Waals surface area contributed by atoms with E-state index in [2.05, 4.69) is 24.9 Å². The fourth-order valence-corrected chi connectivity index (χ4v) is 0.584. The number of nitrogens with two attached hydrogens (primary N) is 1. The van der Waals surface area contributed by atoms with Crippen LogP contribution >= 0.6 is 0 Å². The molecule has 0 fully saturated rings. The smallest absolute Gasteiger partial charge is 0.332 e. The molecule has 6 nitrogen and oxygen atoms in total. The predicted molar refractivity (Wildman–Crippen MR) is 56.7 cm³/mol. The first-order valence-corrected chi connectivity index (χ1v) is 4.89. The second-order valence-electron chi connectivity index (χ2n) is 2.90. The van der Waals surface area contributed by atoms with Crippen molar-refractivity contribution >= 4 is 11.9 Å². The van der Waals surface area contributed by atoms with E-state index < -0.39 is 18.0 Å². The molecule has 5 N–H and O–H groups in total. The maximum absolute atomic E-state index is 9.63. The average Bonchev–Trinajstić information content (AvgIpc) is 2.18. The fourth-order valence-electron chi connectivity index (χ4n) is 0.584. The number of carbonyl (C=O) groups is 2. The van der Waals surface area contributed by atoms with E-state index in [1.54, 1.807) is 0 Å². The van der Waals surface area contributed by atoms with E-state index in [4.69, 9.17) is 10.2 Å². The zero-order valence-electron chi connectivity index (χ0n) is 9.51. The van der Waals surface area contributed by atoms with Gasteiger partial charge in [0.15, 0.2) is 0 Å². The van der Waals surface area contributed by atoms with Gasteiger partial charge in [-0.15, -0.1) is 0 Å². The van der Waals surface area contributed by atoms with E-state index in [0.717, 1.165) is 0 Å². The second kappa shape index (κ2) is 14.5. The monoisotopic (exact) mass is 415 g/mol. The summed E-state index contributed by atoms with van der Waals surface area (Å²) in [6, 6.07) is -1.80. The molecule has 0 spiro atoms. The summed E-state index contributed by atoms with van der Waals surface area (Å²) in [6.07, 6.45) is 2.50. The summed E-state index contributed by atoms with van der Waals surface area (Å²) >= 11 is 0. The zero-order chi connectivity index (χ0) is 12.3. The maximum atomic E-state index is 9.63. The van der Waals surface area contributed by atoms with Crippen LogP contribution in [-0.4, -0.2) is 41.3 Å². The van der Waals surface area contributed by atoms with Crippen molar-refractivity contribution in [3.8, 4) is 0 Å². The van der Waals surface area contributed by atoms with Gasteiger partial charge in [0, 0.05) is 21.1 Å². The predicted octanol–water partition coefficient (Wildman–Crippen LogP) is -0.124. The molecule has 7 heteroatoms. The van der Waals surface area contributed by atoms with Crippen molar-refractivity contribution in [1.82, 2.24) is 5.32 Å². The molecule has 0 amide bonds. The number of hydrogen-bond acceptors (Lipinski definition) is 4. The van der Waals surface area contributed by atoms with Crippen LogP contribution in [0.5, 0.6) is 0 Å². The summed E-state index contributed by atoms with van der Waals surface area (Å²) in [5, 5.41) is 19.0.